The van der Waals surface area contributed by atoms with Crippen LogP contribution < -0.4 is 19.5 Å². The zero-order valence-electron chi connectivity index (χ0n) is 34.3. The Morgan fingerprint density at radius 1 is 0.672 bits per heavy atom. The number of nitrogens with zero attached hydrogens (tertiary/aromatic N) is 4. The van der Waals surface area contributed by atoms with Gasteiger partial charge in [-0.05, 0) is 64.2 Å². The van der Waals surface area contributed by atoms with Gasteiger partial charge >= 0.3 is 5.97 Å². The summed E-state index contributed by atoms with van der Waals surface area (Å²) in [5, 5.41) is 3.83. The fourth-order valence-corrected chi connectivity index (χ4v) is 7.76. The van der Waals surface area contributed by atoms with E-state index in [2.05, 4.69) is 17.4 Å². The van der Waals surface area contributed by atoms with Gasteiger partial charge in [-0.1, -0.05) is 97.1 Å². The lowest BCUT2D eigenvalue weighted by molar-refractivity contribution is -0.158. The minimum Gasteiger partial charge on any atom is -0.497 e. The van der Waals surface area contributed by atoms with Gasteiger partial charge in [0.05, 0.1) is 47.5 Å². The lowest BCUT2D eigenvalue weighted by atomic mass is 9.77. The van der Waals surface area contributed by atoms with Crippen LogP contribution in [0.15, 0.2) is 146 Å². The molecule has 61 heavy (non-hydrogen) atoms. The monoisotopic (exact) mass is 821 g/mol. The number of hydrogen-bond donors (Lipinski definition) is 1. The minimum atomic E-state index is -0.990. The molecule has 0 spiro atoms. The van der Waals surface area contributed by atoms with Gasteiger partial charge in [0.25, 0.3) is 0 Å². The molecule has 1 saturated heterocycles. The first-order valence-electron chi connectivity index (χ1n) is 19.9. The average molecular weight is 822 g/mol. The van der Waals surface area contributed by atoms with Crippen LogP contribution in [0.4, 0.5) is 5.82 Å². The van der Waals surface area contributed by atoms with Crippen LogP contribution in [-0.2, 0) is 42.5 Å². The predicted octanol–water partition coefficient (Wildman–Crippen LogP) is 7.89. The maximum Gasteiger partial charge on any atom is 0.303 e. The van der Waals surface area contributed by atoms with Crippen molar-refractivity contribution < 1.29 is 38.0 Å². The number of ether oxygens (including phenoxy) is 7. The van der Waals surface area contributed by atoms with Gasteiger partial charge in [-0.2, -0.15) is 0 Å². The Bertz CT molecular complexity index is 2450. The topological polar surface area (TPSA) is 137 Å². The molecular weight excluding hydrogens is 775 g/mol. The maximum absolute atomic E-state index is 12.8. The second-order valence-electron chi connectivity index (χ2n) is 14.5. The summed E-state index contributed by atoms with van der Waals surface area (Å²) in [6, 6.07) is 43.5. The van der Waals surface area contributed by atoms with Crippen LogP contribution in [0.2, 0.25) is 0 Å². The average Bonchev–Trinajstić information content (AvgIpc) is 3.89. The number of anilines is 1. The zero-order valence-corrected chi connectivity index (χ0v) is 34.3. The van der Waals surface area contributed by atoms with Crippen molar-refractivity contribution in [1.82, 2.24) is 19.5 Å². The van der Waals surface area contributed by atoms with Gasteiger partial charge in [0, 0.05) is 6.92 Å². The molecule has 0 amide bonds. The summed E-state index contributed by atoms with van der Waals surface area (Å²) in [5.74, 6) is 2.14. The molecule has 2 aromatic heterocycles. The summed E-state index contributed by atoms with van der Waals surface area (Å²) < 4.78 is 43.8. The molecule has 13 heteroatoms. The van der Waals surface area contributed by atoms with E-state index in [9.17, 15) is 4.79 Å². The molecule has 7 aromatic rings. The first-order valence-corrected chi connectivity index (χ1v) is 19.9. The SMILES string of the molecule is COc1ccc(CO[C@H]2[C@@H](OC(C)=O)[C@H](n3cnc4c(NC(c5ccccc5)(c5ccc(OC)cc5)c5ccc(OC)cc5)ncnc43)O[C@@H]2COCc2ccccc2)cc1. The molecule has 0 radical (unpaired) electrons. The van der Waals surface area contributed by atoms with E-state index in [0.29, 0.717) is 23.6 Å². The number of carbonyl (C=O) groups is 1. The molecule has 0 aliphatic carbocycles. The number of benzene rings is 5. The van der Waals surface area contributed by atoms with Crippen molar-refractivity contribution in [2.75, 3.05) is 33.3 Å². The second kappa shape index (κ2) is 18.6. The van der Waals surface area contributed by atoms with Gasteiger partial charge in [0.2, 0.25) is 0 Å². The third kappa shape index (κ3) is 8.76. The van der Waals surface area contributed by atoms with Crippen molar-refractivity contribution >= 4 is 23.0 Å². The van der Waals surface area contributed by atoms with Crippen LogP contribution in [-0.4, -0.2) is 71.7 Å². The third-order valence-electron chi connectivity index (χ3n) is 10.8. The molecule has 1 N–H and O–H groups in total. The molecule has 0 bridgehead atoms. The van der Waals surface area contributed by atoms with E-state index in [4.69, 9.17) is 48.1 Å². The molecule has 0 unspecified atom stereocenters. The van der Waals surface area contributed by atoms with Crippen LogP contribution in [0.3, 0.4) is 0 Å². The standard InChI is InChI=1S/C48H47N5O8/c1-32(54)60-44-43(59-28-34-15-21-38(55-2)22-16-34)41(29-58-27-33-11-7-5-8-12-33)61-47(44)53-31-51-42-45(49-30-50-46(42)53)52-48(35-13-9-6-10-14-35,36-17-23-39(56-3)24-18-36)37-19-25-40(57-4)26-20-37/h5-26,30-31,41,43-44,47H,27-29H2,1-4H3,(H,49,50,52)/t41-,43-,44-,47-/m1/s1. The number of imidazole rings is 1. The Hall–Kier alpha value is -6.80. The number of aromatic nitrogens is 4. The highest BCUT2D eigenvalue weighted by Crippen LogP contribution is 2.43. The van der Waals surface area contributed by atoms with Gasteiger partial charge in [0.15, 0.2) is 29.3 Å². The summed E-state index contributed by atoms with van der Waals surface area (Å²) in [6.07, 6.45) is -0.0285. The lowest BCUT2D eigenvalue weighted by Gasteiger charge is -2.37. The van der Waals surface area contributed by atoms with Crippen LogP contribution >= 0.6 is 0 Å². The van der Waals surface area contributed by atoms with Crippen molar-refractivity contribution in [3.05, 3.63) is 174 Å². The maximum atomic E-state index is 12.8. The van der Waals surface area contributed by atoms with E-state index >= 15 is 0 Å². The highest BCUT2D eigenvalue weighted by atomic mass is 16.6. The Kier molecular flexibility index (Phi) is 12.5. The summed E-state index contributed by atoms with van der Waals surface area (Å²) in [7, 11) is 4.91. The number of hydrogen-bond acceptors (Lipinski definition) is 12. The molecule has 4 atom stereocenters. The van der Waals surface area contributed by atoms with E-state index in [1.165, 1.54) is 13.3 Å². The third-order valence-corrected chi connectivity index (χ3v) is 10.8. The molecular formula is C48H47N5O8. The van der Waals surface area contributed by atoms with Crippen molar-refractivity contribution in [2.24, 2.45) is 0 Å². The van der Waals surface area contributed by atoms with E-state index in [1.54, 1.807) is 32.2 Å². The van der Waals surface area contributed by atoms with Crippen molar-refractivity contribution in [1.29, 1.82) is 0 Å². The second-order valence-corrected chi connectivity index (χ2v) is 14.5. The van der Waals surface area contributed by atoms with Gasteiger partial charge in [-0.3, -0.25) is 9.36 Å². The summed E-state index contributed by atoms with van der Waals surface area (Å²) in [6.45, 7) is 2.11. The fraction of sp³-hybridized carbons (Fsp3) is 0.250. The molecule has 312 valence electrons. The normalized spacial score (nSPS) is 17.5. The minimum absolute atomic E-state index is 0.161. The van der Waals surface area contributed by atoms with Gasteiger partial charge in [0.1, 0.15) is 41.3 Å². The lowest BCUT2D eigenvalue weighted by Crippen LogP contribution is -2.39. The number of nitrogens with one attached hydrogen (secondary N) is 1. The zero-order chi connectivity index (χ0) is 42.2. The number of carbonyl (C=O) groups excluding carboxylic acids is 1. The van der Waals surface area contributed by atoms with E-state index in [1.807, 2.05) is 121 Å². The number of fused-ring (bicyclic) bond motifs is 1. The van der Waals surface area contributed by atoms with Gasteiger partial charge in [-0.25, -0.2) is 15.0 Å². The van der Waals surface area contributed by atoms with Crippen LogP contribution in [0, 0.1) is 0 Å². The van der Waals surface area contributed by atoms with Gasteiger partial charge in [-0.15, -0.1) is 0 Å². The molecule has 1 aliphatic heterocycles. The molecule has 3 heterocycles. The van der Waals surface area contributed by atoms with E-state index < -0.39 is 36.0 Å². The predicted molar refractivity (Wildman–Crippen MR) is 228 cm³/mol. The molecule has 1 fully saturated rings. The molecule has 13 nitrogen and oxygen atoms in total. The van der Waals surface area contributed by atoms with Crippen LogP contribution in [0.25, 0.3) is 11.2 Å². The molecule has 1 aliphatic rings. The van der Waals surface area contributed by atoms with Gasteiger partial charge < -0.3 is 38.5 Å². The first kappa shape index (κ1) is 41.0. The summed E-state index contributed by atoms with van der Waals surface area (Å²) in [4.78, 5) is 27.2. The summed E-state index contributed by atoms with van der Waals surface area (Å²) in [5.41, 5.74) is 4.62. The fourth-order valence-electron chi connectivity index (χ4n) is 7.76. The van der Waals surface area contributed by atoms with Crippen molar-refractivity contribution in [3.63, 3.8) is 0 Å². The first-order chi connectivity index (χ1) is 29.9. The number of esters is 1. The quantitative estimate of drug-likeness (QED) is 0.0707. The molecule has 0 saturated carbocycles. The molecule has 5 aromatic carbocycles. The Morgan fingerprint density at radius 3 is 1.82 bits per heavy atom. The van der Waals surface area contributed by atoms with Crippen LogP contribution in [0.5, 0.6) is 17.2 Å². The Morgan fingerprint density at radius 2 is 1.23 bits per heavy atom. The summed E-state index contributed by atoms with van der Waals surface area (Å²) >= 11 is 0. The van der Waals surface area contributed by atoms with Crippen molar-refractivity contribution in [2.45, 2.75) is 50.2 Å². The van der Waals surface area contributed by atoms with E-state index in [-0.39, 0.29) is 13.2 Å². The highest BCUT2D eigenvalue weighted by molar-refractivity contribution is 5.84. The number of rotatable bonds is 17. The molecule has 8 rings (SSSR count). The smallest absolute Gasteiger partial charge is 0.303 e. The van der Waals surface area contributed by atoms with E-state index in [0.717, 1.165) is 45.1 Å². The largest absolute Gasteiger partial charge is 0.497 e. The van der Waals surface area contributed by atoms with Crippen molar-refractivity contribution in [3.8, 4) is 17.2 Å². The van der Waals surface area contributed by atoms with Crippen LogP contribution in [0.1, 0.15) is 41.0 Å². The number of methoxy groups -OCH3 is 3. The Balaban J connectivity index is 1.18. The highest BCUT2D eigenvalue weighted by Gasteiger charge is 2.49. The Labute approximate surface area is 354 Å².